The Morgan fingerprint density at radius 1 is 1.12 bits per heavy atom. The molecule has 0 amide bonds. The summed E-state index contributed by atoms with van der Waals surface area (Å²) in [6.45, 7) is 5.06. The summed E-state index contributed by atoms with van der Waals surface area (Å²) >= 11 is 2.25. The quantitative estimate of drug-likeness (QED) is 0.496. The second-order valence-corrected chi connectivity index (χ2v) is 6.69. The molecule has 0 atom stereocenters. The minimum absolute atomic E-state index is 0.118. The highest BCUT2D eigenvalue weighted by Crippen LogP contribution is 2.36. The summed E-state index contributed by atoms with van der Waals surface area (Å²) in [5.74, 6) is 1.61. The molecule has 0 saturated carbocycles. The molecule has 3 rings (SSSR count). The summed E-state index contributed by atoms with van der Waals surface area (Å²) in [5.41, 5.74) is 3.69. The zero-order valence-corrected chi connectivity index (χ0v) is 15.9. The maximum Gasteiger partial charge on any atom is 0.189 e. The van der Waals surface area contributed by atoms with Crippen LogP contribution in [0.2, 0.25) is 0 Å². The van der Waals surface area contributed by atoms with E-state index in [0.717, 1.165) is 37.3 Å². The standard InChI is InChI=1S/C20H19IO3/c1-3-23-18-11-13(10-17(21)20(18)24-4-2)9-15-12-14-7-5-6-8-16(14)19(15)22/h5-11H,3-4,12H2,1-2H3/b15-9+. The van der Waals surface area contributed by atoms with Gasteiger partial charge in [-0.2, -0.15) is 0 Å². The molecular weight excluding hydrogens is 415 g/mol. The number of Topliss-reactive ketones (excluding diaryl/α,β-unsaturated/α-hetero) is 1. The highest BCUT2D eigenvalue weighted by atomic mass is 127. The Kier molecular flexibility index (Phi) is 5.23. The fraction of sp³-hybridized carbons (Fsp3) is 0.250. The number of ketones is 1. The number of halogens is 1. The van der Waals surface area contributed by atoms with Crippen LogP contribution >= 0.6 is 22.6 Å². The molecule has 1 aliphatic carbocycles. The Morgan fingerprint density at radius 2 is 1.88 bits per heavy atom. The molecule has 124 valence electrons. The van der Waals surface area contributed by atoms with E-state index in [2.05, 4.69) is 22.6 Å². The van der Waals surface area contributed by atoms with Gasteiger partial charge >= 0.3 is 0 Å². The predicted molar refractivity (Wildman–Crippen MR) is 104 cm³/mol. The predicted octanol–water partition coefficient (Wildman–Crippen LogP) is 4.91. The van der Waals surface area contributed by atoms with Crippen LogP contribution < -0.4 is 9.47 Å². The summed E-state index contributed by atoms with van der Waals surface area (Å²) in [6, 6.07) is 11.8. The van der Waals surface area contributed by atoms with Crippen LogP contribution in [0.1, 0.15) is 35.3 Å². The zero-order valence-electron chi connectivity index (χ0n) is 13.8. The van der Waals surface area contributed by atoms with Gasteiger partial charge in [0, 0.05) is 17.6 Å². The van der Waals surface area contributed by atoms with E-state index < -0.39 is 0 Å². The number of hydrogen-bond donors (Lipinski definition) is 0. The third-order valence-electron chi connectivity index (χ3n) is 3.90. The normalized spacial score (nSPS) is 14.8. The summed E-state index contributed by atoms with van der Waals surface area (Å²) in [5, 5.41) is 0. The monoisotopic (exact) mass is 434 g/mol. The first-order valence-electron chi connectivity index (χ1n) is 8.06. The molecule has 4 heteroatoms. The molecule has 2 aromatic rings. The van der Waals surface area contributed by atoms with Gasteiger partial charge in [-0.3, -0.25) is 4.79 Å². The van der Waals surface area contributed by atoms with Gasteiger partial charge in [-0.05, 0) is 65.8 Å². The van der Waals surface area contributed by atoms with Crippen LogP contribution in [0.25, 0.3) is 6.08 Å². The van der Waals surface area contributed by atoms with Crippen LogP contribution in [0.3, 0.4) is 0 Å². The average molecular weight is 434 g/mol. The Labute approximate surface area is 155 Å². The largest absolute Gasteiger partial charge is 0.490 e. The molecule has 0 bridgehead atoms. The van der Waals surface area contributed by atoms with E-state index in [4.69, 9.17) is 9.47 Å². The highest BCUT2D eigenvalue weighted by Gasteiger charge is 2.24. The zero-order chi connectivity index (χ0) is 17.1. The lowest BCUT2D eigenvalue weighted by Gasteiger charge is -2.13. The van der Waals surface area contributed by atoms with Crippen molar-refractivity contribution in [3.8, 4) is 11.5 Å². The molecule has 0 radical (unpaired) electrons. The van der Waals surface area contributed by atoms with Crippen LogP contribution in [-0.4, -0.2) is 19.0 Å². The fourth-order valence-corrected chi connectivity index (χ4v) is 3.67. The second-order valence-electron chi connectivity index (χ2n) is 5.53. The Balaban J connectivity index is 1.98. The third-order valence-corrected chi connectivity index (χ3v) is 4.70. The molecule has 0 fully saturated rings. The first-order chi connectivity index (χ1) is 11.6. The van der Waals surface area contributed by atoms with Crippen LogP contribution in [0, 0.1) is 3.57 Å². The summed E-state index contributed by atoms with van der Waals surface area (Å²) in [4.78, 5) is 12.5. The first-order valence-corrected chi connectivity index (χ1v) is 9.14. The van der Waals surface area contributed by atoms with Crippen LogP contribution in [0.15, 0.2) is 42.0 Å². The molecule has 2 aromatic carbocycles. The van der Waals surface area contributed by atoms with E-state index in [-0.39, 0.29) is 5.78 Å². The van der Waals surface area contributed by atoms with Crippen molar-refractivity contribution < 1.29 is 14.3 Å². The maximum atomic E-state index is 12.5. The summed E-state index contributed by atoms with van der Waals surface area (Å²) in [7, 11) is 0. The van der Waals surface area contributed by atoms with Crippen molar-refractivity contribution in [1.82, 2.24) is 0 Å². The van der Waals surface area contributed by atoms with Gasteiger partial charge in [0.15, 0.2) is 17.3 Å². The van der Waals surface area contributed by atoms with Gasteiger partial charge < -0.3 is 9.47 Å². The molecule has 0 N–H and O–H groups in total. The summed E-state index contributed by atoms with van der Waals surface area (Å²) < 4.78 is 12.4. The van der Waals surface area contributed by atoms with Crippen molar-refractivity contribution in [2.24, 2.45) is 0 Å². The second kappa shape index (κ2) is 7.38. The molecule has 0 spiro atoms. The molecule has 1 aliphatic rings. The lowest BCUT2D eigenvalue weighted by molar-refractivity contribution is 0.104. The van der Waals surface area contributed by atoms with E-state index in [1.165, 1.54) is 0 Å². The highest BCUT2D eigenvalue weighted by molar-refractivity contribution is 14.1. The Morgan fingerprint density at radius 3 is 2.58 bits per heavy atom. The lowest BCUT2D eigenvalue weighted by Crippen LogP contribution is -2.01. The minimum Gasteiger partial charge on any atom is -0.490 e. The molecule has 0 saturated heterocycles. The molecule has 3 nitrogen and oxygen atoms in total. The molecule has 0 aromatic heterocycles. The topological polar surface area (TPSA) is 35.5 Å². The maximum absolute atomic E-state index is 12.5. The van der Waals surface area contributed by atoms with Gasteiger partial charge in [0.2, 0.25) is 0 Å². The Hall–Kier alpha value is -1.82. The number of rotatable bonds is 5. The van der Waals surface area contributed by atoms with E-state index in [1.807, 2.05) is 56.3 Å². The molecule has 24 heavy (non-hydrogen) atoms. The Bertz CT molecular complexity index is 809. The third kappa shape index (κ3) is 3.34. The number of hydrogen-bond acceptors (Lipinski definition) is 3. The molecular formula is C20H19IO3. The molecule has 0 unspecified atom stereocenters. The van der Waals surface area contributed by atoms with Crippen molar-refractivity contribution in [3.05, 3.63) is 62.2 Å². The van der Waals surface area contributed by atoms with Gasteiger partial charge in [0.25, 0.3) is 0 Å². The number of carbonyl (C=O) groups is 1. The van der Waals surface area contributed by atoms with Crippen molar-refractivity contribution in [2.75, 3.05) is 13.2 Å². The SMILES string of the molecule is CCOc1cc(/C=C2\Cc3ccccc3C2=O)cc(I)c1OCC. The fourth-order valence-electron chi connectivity index (χ4n) is 2.89. The van der Waals surface area contributed by atoms with Crippen LogP contribution in [0.4, 0.5) is 0 Å². The molecule has 0 aliphatic heterocycles. The number of benzene rings is 2. The van der Waals surface area contributed by atoms with E-state index in [1.54, 1.807) is 0 Å². The van der Waals surface area contributed by atoms with E-state index in [0.29, 0.717) is 19.6 Å². The lowest BCUT2D eigenvalue weighted by atomic mass is 10.1. The van der Waals surface area contributed by atoms with Gasteiger partial charge in [0.05, 0.1) is 16.8 Å². The number of ether oxygens (including phenoxy) is 2. The van der Waals surface area contributed by atoms with Crippen molar-refractivity contribution in [1.29, 1.82) is 0 Å². The number of fused-ring (bicyclic) bond motifs is 1. The number of allylic oxidation sites excluding steroid dienone is 1. The van der Waals surface area contributed by atoms with Crippen molar-refractivity contribution in [3.63, 3.8) is 0 Å². The van der Waals surface area contributed by atoms with E-state index in [9.17, 15) is 4.79 Å². The van der Waals surface area contributed by atoms with Crippen LogP contribution in [0.5, 0.6) is 11.5 Å². The van der Waals surface area contributed by atoms with Crippen molar-refractivity contribution >= 4 is 34.5 Å². The van der Waals surface area contributed by atoms with Gasteiger partial charge in [-0.1, -0.05) is 24.3 Å². The van der Waals surface area contributed by atoms with E-state index >= 15 is 0 Å². The molecule has 0 heterocycles. The van der Waals surface area contributed by atoms with Gasteiger partial charge in [-0.25, -0.2) is 0 Å². The average Bonchev–Trinajstić information content (AvgIpc) is 2.88. The summed E-state index contributed by atoms with van der Waals surface area (Å²) in [6.07, 6.45) is 2.64. The van der Waals surface area contributed by atoms with Gasteiger partial charge in [0.1, 0.15) is 0 Å². The van der Waals surface area contributed by atoms with Crippen molar-refractivity contribution in [2.45, 2.75) is 20.3 Å². The van der Waals surface area contributed by atoms with Gasteiger partial charge in [-0.15, -0.1) is 0 Å². The minimum atomic E-state index is 0.118. The first kappa shape index (κ1) is 17.0. The number of carbonyl (C=O) groups excluding carboxylic acids is 1. The smallest absolute Gasteiger partial charge is 0.189 e. The van der Waals surface area contributed by atoms with Crippen LogP contribution in [-0.2, 0) is 6.42 Å².